The van der Waals surface area contributed by atoms with Crippen LogP contribution < -0.4 is 11.3 Å². The summed E-state index contributed by atoms with van der Waals surface area (Å²) in [6.45, 7) is 3.94. The predicted octanol–water partition coefficient (Wildman–Crippen LogP) is 2.12. The summed E-state index contributed by atoms with van der Waals surface area (Å²) in [4.78, 5) is 12.2. The van der Waals surface area contributed by atoms with Crippen LogP contribution in [0.5, 0.6) is 0 Å². The van der Waals surface area contributed by atoms with Gasteiger partial charge in [-0.3, -0.25) is 4.79 Å². The van der Waals surface area contributed by atoms with Crippen LogP contribution in [0.1, 0.15) is 31.0 Å². The minimum Gasteiger partial charge on any atom is -0.324 e. The van der Waals surface area contributed by atoms with Gasteiger partial charge in [0.1, 0.15) is 0 Å². The Morgan fingerprint density at radius 3 is 2.71 bits per heavy atom. The first-order chi connectivity index (χ1) is 8.06. The van der Waals surface area contributed by atoms with Crippen molar-refractivity contribution in [1.29, 1.82) is 0 Å². The van der Waals surface area contributed by atoms with Crippen molar-refractivity contribution in [2.45, 2.75) is 26.3 Å². The second kappa shape index (κ2) is 4.34. The van der Waals surface area contributed by atoms with Crippen molar-refractivity contribution >= 4 is 10.9 Å². The van der Waals surface area contributed by atoms with Gasteiger partial charge < -0.3 is 10.3 Å². The van der Waals surface area contributed by atoms with E-state index in [-0.39, 0.29) is 11.6 Å². The van der Waals surface area contributed by atoms with E-state index in [1.54, 1.807) is 4.57 Å². The van der Waals surface area contributed by atoms with E-state index in [0.29, 0.717) is 5.56 Å². The quantitative estimate of drug-likeness (QED) is 0.859. The lowest BCUT2D eigenvalue weighted by atomic mass is 10.0. The molecule has 1 atom stereocenters. The molecule has 2 rings (SSSR count). The average Bonchev–Trinajstić information content (AvgIpc) is 2.32. The van der Waals surface area contributed by atoms with Gasteiger partial charge in [-0.05, 0) is 30.4 Å². The van der Waals surface area contributed by atoms with Gasteiger partial charge in [0.15, 0.2) is 0 Å². The van der Waals surface area contributed by atoms with Gasteiger partial charge in [0, 0.05) is 18.7 Å². The van der Waals surface area contributed by atoms with Gasteiger partial charge in [0.25, 0.3) is 5.56 Å². The van der Waals surface area contributed by atoms with Gasteiger partial charge in [0.2, 0.25) is 0 Å². The van der Waals surface area contributed by atoms with Crippen molar-refractivity contribution in [2.75, 3.05) is 0 Å². The summed E-state index contributed by atoms with van der Waals surface area (Å²) in [5.41, 5.74) is 8.72. The monoisotopic (exact) mass is 230 g/mol. The number of nitrogens with zero attached hydrogens (tertiary/aromatic N) is 1. The molecule has 3 heteroatoms. The number of pyridine rings is 1. The molecule has 0 aliphatic rings. The van der Waals surface area contributed by atoms with E-state index in [1.807, 2.05) is 32.2 Å². The molecule has 90 valence electrons. The summed E-state index contributed by atoms with van der Waals surface area (Å²) in [6.07, 6.45) is 0.919. The highest BCUT2D eigenvalue weighted by Gasteiger charge is 2.11. The Kier molecular flexibility index (Phi) is 3.03. The van der Waals surface area contributed by atoms with Crippen LogP contribution in [-0.4, -0.2) is 4.57 Å². The van der Waals surface area contributed by atoms with Crippen molar-refractivity contribution in [3.05, 3.63) is 45.7 Å². The molecular weight excluding hydrogens is 212 g/mol. The highest BCUT2D eigenvalue weighted by atomic mass is 16.1. The van der Waals surface area contributed by atoms with E-state index >= 15 is 0 Å². The molecule has 1 aromatic heterocycles. The Balaban J connectivity index is 2.91. The molecular formula is C14H18N2O. The van der Waals surface area contributed by atoms with Crippen LogP contribution in [-0.2, 0) is 13.5 Å². The largest absolute Gasteiger partial charge is 0.324 e. The number of aryl methyl sites for hydroxylation is 2. The van der Waals surface area contributed by atoms with E-state index < -0.39 is 0 Å². The highest BCUT2D eigenvalue weighted by Crippen LogP contribution is 2.19. The Labute approximate surface area is 101 Å². The number of hydrogen-bond donors (Lipinski definition) is 1. The average molecular weight is 230 g/mol. The van der Waals surface area contributed by atoms with Crippen molar-refractivity contribution < 1.29 is 0 Å². The molecule has 0 saturated carbocycles. The van der Waals surface area contributed by atoms with E-state index in [0.717, 1.165) is 17.3 Å². The predicted molar refractivity (Wildman–Crippen MR) is 71.2 cm³/mol. The second-order valence-electron chi connectivity index (χ2n) is 4.46. The minimum atomic E-state index is -0.233. The Bertz CT molecular complexity index is 611. The number of hydrogen-bond acceptors (Lipinski definition) is 2. The lowest BCUT2D eigenvalue weighted by Crippen LogP contribution is -2.26. The lowest BCUT2D eigenvalue weighted by molar-refractivity contribution is 0.771. The summed E-state index contributed by atoms with van der Waals surface area (Å²) in [7, 11) is 1.82. The number of rotatable bonds is 2. The fourth-order valence-corrected chi connectivity index (χ4v) is 2.27. The number of nitrogens with two attached hydrogens (primary N) is 1. The van der Waals surface area contributed by atoms with Crippen molar-refractivity contribution in [2.24, 2.45) is 12.8 Å². The molecule has 0 spiro atoms. The van der Waals surface area contributed by atoms with Crippen LogP contribution in [0, 0.1) is 0 Å². The maximum Gasteiger partial charge on any atom is 0.255 e. The Morgan fingerprint density at radius 2 is 2.12 bits per heavy atom. The zero-order chi connectivity index (χ0) is 12.6. The maximum atomic E-state index is 12.2. The molecule has 3 nitrogen and oxygen atoms in total. The third-order valence-electron chi connectivity index (χ3n) is 3.22. The summed E-state index contributed by atoms with van der Waals surface area (Å²) < 4.78 is 1.72. The third kappa shape index (κ3) is 1.87. The van der Waals surface area contributed by atoms with E-state index in [2.05, 4.69) is 13.0 Å². The second-order valence-corrected chi connectivity index (χ2v) is 4.46. The molecule has 0 aliphatic carbocycles. The molecule has 0 bridgehead atoms. The summed E-state index contributed by atoms with van der Waals surface area (Å²) in [6, 6.07) is 7.80. The number of fused-ring (bicyclic) bond motifs is 1. The molecule has 0 saturated heterocycles. The minimum absolute atomic E-state index is 0.00778. The van der Waals surface area contributed by atoms with Crippen LogP contribution in [0.4, 0.5) is 0 Å². The van der Waals surface area contributed by atoms with Gasteiger partial charge in [-0.25, -0.2) is 0 Å². The molecule has 1 unspecified atom stereocenters. The Hall–Kier alpha value is -1.61. The fraction of sp³-hybridized carbons (Fsp3) is 0.357. The Morgan fingerprint density at radius 1 is 1.41 bits per heavy atom. The molecule has 0 aliphatic heterocycles. The first-order valence-electron chi connectivity index (χ1n) is 5.93. The van der Waals surface area contributed by atoms with E-state index in [9.17, 15) is 4.79 Å². The molecule has 0 radical (unpaired) electrons. The highest BCUT2D eigenvalue weighted by molar-refractivity contribution is 5.83. The van der Waals surface area contributed by atoms with Crippen LogP contribution >= 0.6 is 0 Å². The van der Waals surface area contributed by atoms with Gasteiger partial charge in [-0.15, -0.1) is 0 Å². The van der Waals surface area contributed by atoms with Gasteiger partial charge in [0.05, 0.1) is 5.52 Å². The van der Waals surface area contributed by atoms with E-state index in [4.69, 9.17) is 5.73 Å². The number of para-hydroxylation sites is 1. The normalized spacial score (nSPS) is 12.9. The van der Waals surface area contributed by atoms with Crippen molar-refractivity contribution in [3.63, 3.8) is 0 Å². The smallest absolute Gasteiger partial charge is 0.255 e. The van der Waals surface area contributed by atoms with Crippen molar-refractivity contribution in [1.82, 2.24) is 4.57 Å². The zero-order valence-electron chi connectivity index (χ0n) is 10.5. The topological polar surface area (TPSA) is 48.0 Å². The van der Waals surface area contributed by atoms with Crippen LogP contribution in [0.3, 0.4) is 0 Å². The summed E-state index contributed by atoms with van der Waals surface area (Å²) >= 11 is 0. The SMILES string of the molecule is CCc1cccc2cc(C(C)N)c(=O)n(C)c12. The van der Waals surface area contributed by atoms with Gasteiger partial charge in [-0.1, -0.05) is 25.1 Å². The molecule has 17 heavy (non-hydrogen) atoms. The standard InChI is InChI=1S/C14H18N2O/c1-4-10-6-5-7-11-8-12(9(2)15)14(17)16(3)13(10)11/h5-9H,4,15H2,1-3H3. The molecule has 1 aromatic carbocycles. The van der Waals surface area contributed by atoms with Crippen LogP contribution in [0.15, 0.2) is 29.1 Å². The van der Waals surface area contributed by atoms with Crippen LogP contribution in [0.25, 0.3) is 10.9 Å². The molecule has 2 N–H and O–H groups in total. The van der Waals surface area contributed by atoms with Gasteiger partial charge in [-0.2, -0.15) is 0 Å². The third-order valence-corrected chi connectivity index (χ3v) is 3.22. The first kappa shape index (κ1) is 11.9. The lowest BCUT2D eigenvalue weighted by Gasteiger charge is -2.13. The summed E-state index contributed by atoms with van der Waals surface area (Å²) in [5, 5.41) is 1.08. The van der Waals surface area contributed by atoms with Crippen molar-refractivity contribution in [3.8, 4) is 0 Å². The van der Waals surface area contributed by atoms with Gasteiger partial charge >= 0.3 is 0 Å². The summed E-state index contributed by atoms with van der Waals surface area (Å²) in [5.74, 6) is 0. The molecule has 0 fully saturated rings. The van der Waals surface area contributed by atoms with Crippen LogP contribution in [0.2, 0.25) is 0 Å². The maximum absolute atomic E-state index is 12.2. The molecule has 1 heterocycles. The fourth-order valence-electron chi connectivity index (χ4n) is 2.27. The molecule has 2 aromatic rings. The number of benzene rings is 1. The van der Waals surface area contributed by atoms with E-state index in [1.165, 1.54) is 5.56 Å². The number of aromatic nitrogens is 1. The zero-order valence-corrected chi connectivity index (χ0v) is 10.5. The molecule has 0 amide bonds. The first-order valence-corrected chi connectivity index (χ1v) is 5.93.